The lowest BCUT2D eigenvalue weighted by atomic mass is 10.0. The van der Waals surface area contributed by atoms with E-state index in [1.54, 1.807) is 18.2 Å². The zero-order chi connectivity index (χ0) is 16.2. The molecule has 0 bridgehead atoms. The summed E-state index contributed by atoms with van der Waals surface area (Å²) >= 11 is 0. The number of hydrogen-bond acceptors (Lipinski definition) is 3. The van der Waals surface area contributed by atoms with E-state index in [9.17, 15) is 9.59 Å². The average Bonchev–Trinajstić information content (AvgIpc) is 2.89. The lowest BCUT2D eigenvalue weighted by Gasteiger charge is -2.13. The van der Waals surface area contributed by atoms with E-state index in [4.69, 9.17) is 4.42 Å². The first kappa shape index (κ1) is 15.1. The second-order valence-corrected chi connectivity index (χ2v) is 5.54. The molecule has 0 saturated heterocycles. The number of para-hydroxylation sites is 2. The molecule has 0 saturated carbocycles. The molecular weight excluding hydrogens is 292 g/mol. The molecule has 1 amide bonds. The van der Waals surface area contributed by atoms with Gasteiger partial charge < -0.3 is 9.73 Å². The average molecular weight is 310 g/mol. The van der Waals surface area contributed by atoms with E-state index < -0.39 is 5.76 Å². The van der Waals surface area contributed by atoms with Crippen LogP contribution in [0.4, 0.5) is 0 Å². The van der Waals surface area contributed by atoms with Crippen LogP contribution in [0, 0.1) is 0 Å². The van der Waals surface area contributed by atoms with Gasteiger partial charge in [-0.15, -0.1) is 0 Å². The van der Waals surface area contributed by atoms with Crippen molar-refractivity contribution in [3.05, 3.63) is 70.7 Å². The van der Waals surface area contributed by atoms with E-state index in [0.717, 1.165) is 0 Å². The van der Waals surface area contributed by atoms with Gasteiger partial charge in [0.25, 0.3) is 0 Å². The Hall–Kier alpha value is -2.82. The summed E-state index contributed by atoms with van der Waals surface area (Å²) in [6.45, 7) is 2.53. The molecule has 5 nitrogen and oxygen atoms in total. The highest BCUT2D eigenvalue weighted by molar-refractivity contribution is 5.79. The predicted molar refractivity (Wildman–Crippen MR) is 88.3 cm³/mol. The smallest absolute Gasteiger partial charge is 0.408 e. The fraction of sp³-hybridized carbons (Fsp3) is 0.222. The molecule has 1 atom stereocenters. The van der Waals surface area contributed by atoms with Gasteiger partial charge in [-0.2, -0.15) is 0 Å². The van der Waals surface area contributed by atoms with Crippen LogP contribution in [0.5, 0.6) is 0 Å². The first-order valence-corrected chi connectivity index (χ1v) is 7.55. The molecule has 5 heteroatoms. The predicted octanol–water partition coefficient (Wildman–Crippen LogP) is 2.51. The van der Waals surface area contributed by atoms with E-state index in [1.807, 2.05) is 36.4 Å². The maximum absolute atomic E-state index is 12.1. The third-order valence-electron chi connectivity index (χ3n) is 3.85. The number of aromatic nitrogens is 1. The number of carbonyl (C=O) groups excluding carboxylic acids is 1. The minimum absolute atomic E-state index is 0.0443. The van der Waals surface area contributed by atoms with Gasteiger partial charge in [-0.1, -0.05) is 49.4 Å². The van der Waals surface area contributed by atoms with Crippen molar-refractivity contribution in [2.45, 2.75) is 19.4 Å². The SMILES string of the molecule is C[C@@H](CNC(=O)Cn1c(=O)oc2ccccc21)c1ccccc1. The highest BCUT2D eigenvalue weighted by atomic mass is 16.4. The number of fused-ring (bicyclic) bond motifs is 1. The summed E-state index contributed by atoms with van der Waals surface area (Å²) in [5.41, 5.74) is 2.28. The summed E-state index contributed by atoms with van der Waals surface area (Å²) in [5.74, 6) is -0.517. The molecule has 0 aliphatic rings. The molecule has 0 aliphatic heterocycles. The Labute approximate surface area is 133 Å². The molecular formula is C18H18N2O3. The van der Waals surface area contributed by atoms with Gasteiger partial charge in [0.1, 0.15) is 6.54 Å². The fourth-order valence-corrected chi connectivity index (χ4v) is 2.53. The topological polar surface area (TPSA) is 64.2 Å². The second kappa shape index (κ2) is 6.52. The molecule has 0 spiro atoms. The van der Waals surface area contributed by atoms with Gasteiger partial charge in [-0.25, -0.2) is 4.79 Å². The summed E-state index contributed by atoms with van der Waals surface area (Å²) in [6, 6.07) is 17.1. The molecule has 0 aliphatic carbocycles. The monoisotopic (exact) mass is 310 g/mol. The molecule has 1 aromatic heterocycles. The normalized spacial score (nSPS) is 12.2. The van der Waals surface area contributed by atoms with Gasteiger partial charge in [0, 0.05) is 6.54 Å². The molecule has 118 valence electrons. The number of hydrogen-bond donors (Lipinski definition) is 1. The molecule has 1 heterocycles. The lowest BCUT2D eigenvalue weighted by molar-refractivity contribution is -0.121. The van der Waals surface area contributed by atoms with Crippen molar-refractivity contribution in [2.75, 3.05) is 6.54 Å². The highest BCUT2D eigenvalue weighted by Crippen LogP contribution is 2.13. The molecule has 0 unspecified atom stereocenters. The Bertz CT molecular complexity index is 865. The maximum Gasteiger partial charge on any atom is 0.420 e. The van der Waals surface area contributed by atoms with Gasteiger partial charge in [-0.3, -0.25) is 9.36 Å². The minimum Gasteiger partial charge on any atom is -0.408 e. The number of carbonyl (C=O) groups is 1. The molecule has 1 N–H and O–H groups in total. The van der Waals surface area contributed by atoms with Crippen molar-refractivity contribution >= 4 is 17.0 Å². The lowest BCUT2D eigenvalue weighted by Crippen LogP contribution is -2.33. The highest BCUT2D eigenvalue weighted by Gasteiger charge is 2.13. The van der Waals surface area contributed by atoms with E-state index in [2.05, 4.69) is 12.2 Å². The summed E-state index contributed by atoms with van der Waals surface area (Å²) in [5, 5.41) is 2.87. The van der Waals surface area contributed by atoms with Crippen molar-refractivity contribution in [1.82, 2.24) is 9.88 Å². The standard InChI is InChI=1S/C18H18N2O3/c1-13(14-7-3-2-4-8-14)11-19-17(21)12-20-15-9-5-6-10-16(15)23-18(20)22/h2-10,13H,11-12H2,1H3,(H,19,21)/t13-/m0/s1. The number of nitrogens with zero attached hydrogens (tertiary/aromatic N) is 1. The van der Waals surface area contributed by atoms with Crippen LogP contribution in [0.15, 0.2) is 63.8 Å². The van der Waals surface area contributed by atoms with Crippen LogP contribution in [0.2, 0.25) is 0 Å². The number of amides is 1. The summed E-state index contributed by atoms with van der Waals surface area (Å²) < 4.78 is 6.47. The van der Waals surface area contributed by atoms with E-state index >= 15 is 0 Å². The van der Waals surface area contributed by atoms with Crippen LogP contribution in [-0.4, -0.2) is 17.0 Å². The van der Waals surface area contributed by atoms with Crippen molar-refractivity contribution in [3.63, 3.8) is 0 Å². The fourth-order valence-electron chi connectivity index (χ4n) is 2.53. The number of nitrogens with one attached hydrogen (secondary N) is 1. The molecule has 0 radical (unpaired) electrons. The summed E-state index contributed by atoms with van der Waals surface area (Å²) in [4.78, 5) is 24.0. The Morgan fingerprint density at radius 2 is 1.83 bits per heavy atom. The largest absolute Gasteiger partial charge is 0.420 e. The Morgan fingerprint density at radius 3 is 2.61 bits per heavy atom. The Morgan fingerprint density at radius 1 is 1.13 bits per heavy atom. The Balaban J connectivity index is 1.65. The van der Waals surface area contributed by atoms with Gasteiger partial charge in [0.05, 0.1) is 5.52 Å². The van der Waals surface area contributed by atoms with Crippen LogP contribution in [-0.2, 0) is 11.3 Å². The maximum atomic E-state index is 12.1. The van der Waals surface area contributed by atoms with Gasteiger partial charge in [-0.05, 0) is 23.6 Å². The number of oxazole rings is 1. The van der Waals surface area contributed by atoms with E-state index in [0.29, 0.717) is 17.6 Å². The number of benzene rings is 2. The van der Waals surface area contributed by atoms with Crippen molar-refractivity contribution in [2.24, 2.45) is 0 Å². The van der Waals surface area contributed by atoms with Crippen LogP contribution in [0.3, 0.4) is 0 Å². The first-order chi connectivity index (χ1) is 11.1. The quantitative estimate of drug-likeness (QED) is 0.787. The van der Waals surface area contributed by atoms with Gasteiger partial charge in [0.2, 0.25) is 5.91 Å². The van der Waals surface area contributed by atoms with Gasteiger partial charge >= 0.3 is 5.76 Å². The van der Waals surface area contributed by atoms with Crippen molar-refractivity contribution in [1.29, 1.82) is 0 Å². The summed E-state index contributed by atoms with van der Waals surface area (Å²) in [7, 11) is 0. The molecule has 2 aromatic carbocycles. The van der Waals surface area contributed by atoms with Gasteiger partial charge in [0.15, 0.2) is 5.58 Å². The zero-order valence-electron chi connectivity index (χ0n) is 12.9. The van der Waals surface area contributed by atoms with Crippen molar-refractivity contribution in [3.8, 4) is 0 Å². The third kappa shape index (κ3) is 3.34. The molecule has 23 heavy (non-hydrogen) atoms. The van der Waals surface area contributed by atoms with E-state index in [1.165, 1.54) is 10.1 Å². The van der Waals surface area contributed by atoms with Crippen LogP contribution < -0.4 is 11.1 Å². The Kier molecular flexibility index (Phi) is 4.28. The molecule has 3 rings (SSSR count). The van der Waals surface area contributed by atoms with E-state index in [-0.39, 0.29) is 18.4 Å². The van der Waals surface area contributed by atoms with Crippen LogP contribution in [0.25, 0.3) is 11.1 Å². The third-order valence-corrected chi connectivity index (χ3v) is 3.85. The first-order valence-electron chi connectivity index (χ1n) is 7.55. The zero-order valence-corrected chi connectivity index (χ0v) is 12.9. The molecule has 0 fully saturated rings. The van der Waals surface area contributed by atoms with Crippen molar-refractivity contribution < 1.29 is 9.21 Å². The minimum atomic E-state index is -0.516. The summed E-state index contributed by atoms with van der Waals surface area (Å²) in [6.07, 6.45) is 0. The number of rotatable bonds is 5. The van der Waals surface area contributed by atoms with Crippen LogP contribution >= 0.6 is 0 Å². The van der Waals surface area contributed by atoms with Crippen LogP contribution in [0.1, 0.15) is 18.4 Å². The second-order valence-electron chi connectivity index (χ2n) is 5.54. The molecule has 3 aromatic rings.